The van der Waals surface area contributed by atoms with Crippen LogP contribution in [0.5, 0.6) is 0 Å². The SMILES string of the molecule is CC[C@]1(OC(=O)OCCSSC[C@@H](NC(C)=O)C(=O)N[C@@H](CCCCNC(=O)[C@@H](CSSCCOC(=O)O[C@]2(CC)C(=O)OCc3c2cc2n(c3=O)Cc3cc4ccccc4nc3-2)NC(C)=O)C(=O)C[C@@H](CCCCN)C(=O)N[C@@H](CCC(=O)O)C(C)=O)C(=O)OCc2c1cc1n(c2=O)Cc2cc3ccccc3nc2-1. The maximum absolute atomic E-state index is 14.6. The fourth-order valence-electron chi connectivity index (χ4n) is 13.6. The summed E-state index contributed by atoms with van der Waals surface area (Å²) in [6.07, 6.45) is -2.34. The lowest BCUT2D eigenvalue weighted by Gasteiger charge is -2.35. The van der Waals surface area contributed by atoms with E-state index in [-0.39, 0.29) is 143 Å². The molecule has 110 heavy (non-hydrogen) atoms. The first-order chi connectivity index (χ1) is 52.8. The van der Waals surface area contributed by atoms with Crippen molar-refractivity contribution in [1.29, 1.82) is 0 Å². The Kier molecular flexibility index (Phi) is 28.3. The van der Waals surface area contributed by atoms with E-state index in [9.17, 15) is 72.2 Å². The molecule has 6 aromatic rings. The zero-order valence-electron chi connectivity index (χ0n) is 61.2. The number of fused-ring (bicyclic) bond motifs is 10. The van der Waals surface area contributed by atoms with Crippen molar-refractivity contribution in [1.82, 2.24) is 45.7 Å². The zero-order chi connectivity index (χ0) is 79.0. The molecule has 586 valence electrons. The maximum Gasteiger partial charge on any atom is 0.509 e. The zero-order valence-corrected chi connectivity index (χ0v) is 64.5. The average molecular weight is 1590 g/mol. The van der Waals surface area contributed by atoms with Crippen molar-refractivity contribution in [3.8, 4) is 22.8 Å². The van der Waals surface area contributed by atoms with Gasteiger partial charge in [-0.1, -0.05) is 99.8 Å². The summed E-state index contributed by atoms with van der Waals surface area (Å²) in [4.78, 5) is 197. The number of hydrogen-bond acceptors (Lipinski definition) is 27. The van der Waals surface area contributed by atoms with E-state index < -0.39 is 137 Å². The Morgan fingerprint density at radius 3 is 1.54 bits per heavy atom. The van der Waals surface area contributed by atoms with Gasteiger partial charge >= 0.3 is 30.2 Å². The Hall–Kier alpha value is -9.84. The Morgan fingerprint density at radius 2 is 1.06 bits per heavy atom. The van der Waals surface area contributed by atoms with Gasteiger partial charge in [-0.25, -0.2) is 29.1 Å². The molecule has 7 atom stereocenters. The number of nitrogens with two attached hydrogens (primary N) is 1. The lowest BCUT2D eigenvalue weighted by atomic mass is 9.85. The second kappa shape index (κ2) is 37.7. The smallest absolute Gasteiger partial charge is 0.481 e. The summed E-state index contributed by atoms with van der Waals surface area (Å²) in [5.41, 5.74) is 6.58. The van der Waals surface area contributed by atoms with Crippen molar-refractivity contribution in [3.63, 3.8) is 0 Å². The van der Waals surface area contributed by atoms with Gasteiger partial charge in [0.15, 0.2) is 11.6 Å². The van der Waals surface area contributed by atoms with E-state index in [1.54, 1.807) is 35.1 Å². The quantitative estimate of drug-likeness (QED) is 0.00913. The Labute approximate surface area is 647 Å². The molecule has 4 aliphatic heterocycles. The van der Waals surface area contributed by atoms with Gasteiger partial charge in [0.05, 0.1) is 70.1 Å². The number of amides is 5. The molecule has 4 aliphatic rings. The fourth-order valence-corrected chi connectivity index (χ4v) is 17.6. The first-order valence-electron chi connectivity index (χ1n) is 36.0. The minimum Gasteiger partial charge on any atom is -0.481 e. The summed E-state index contributed by atoms with van der Waals surface area (Å²) < 4.78 is 36.4. The third-order valence-electron chi connectivity index (χ3n) is 19.3. The van der Waals surface area contributed by atoms with Crippen LogP contribution in [-0.2, 0) is 114 Å². The predicted molar refractivity (Wildman–Crippen MR) is 409 cm³/mol. The first-order valence-corrected chi connectivity index (χ1v) is 41.0. The second-order valence-corrected chi connectivity index (χ2v) is 32.0. The molecule has 0 saturated carbocycles. The molecule has 4 aromatic heterocycles. The van der Waals surface area contributed by atoms with Crippen LogP contribution in [0.3, 0.4) is 0 Å². The first kappa shape index (κ1) is 82.6. The number of carboxylic acid groups (broad SMARTS) is 1. The molecule has 0 aliphatic carbocycles. The van der Waals surface area contributed by atoms with Crippen LogP contribution in [0.2, 0.25) is 0 Å². The number of carbonyl (C=O) groups is 12. The molecule has 5 amide bonds. The highest BCUT2D eigenvalue weighted by Gasteiger charge is 2.53. The molecule has 8 heterocycles. The van der Waals surface area contributed by atoms with Crippen molar-refractivity contribution >= 4 is 136 Å². The van der Waals surface area contributed by atoms with E-state index in [0.717, 1.165) is 43.5 Å². The Balaban J connectivity index is 0.724. The van der Waals surface area contributed by atoms with E-state index in [1.165, 1.54) is 42.4 Å². The van der Waals surface area contributed by atoms with Gasteiger partial charge in [0.25, 0.3) is 11.1 Å². The predicted octanol–water partition coefficient (Wildman–Crippen LogP) is 6.68. The van der Waals surface area contributed by atoms with Crippen LogP contribution in [0.1, 0.15) is 139 Å². The number of nitrogens with one attached hydrogen (secondary N) is 5. The van der Waals surface area contributed by atoms with Gasteiger partial charge < -0.3 is 75.0 Å². The van der Waals surface area contributed by atoms with Crippen LogP contribution < -0.4 is 43.4 Å². The molecular weight excluding hydrogens is 1510 g/mol. The number of nitrogens with zero attached hydrogens (tertiary/aromatic N) is 4. The molecule has 2 aromatic carbocycles. The number of Topliss-reactive ketones (excluding diaryl/α,β-unsaturated/α-hetero) is 2. The third kappa shape index (κ3) is 19.5. The number of esters is 2. The van der Waals surface area contributed by atoms with Crippen LogP contribution in [0.4, 0.5) is 9.59 Å². The highest BCUT2D eigenvalue weighted by atomic mass is 33.1. The molecule has 10 rings (SSSR count). The third-order valence-corrected chi connectivity index (χ3v) is 24.0. The number of para-hydroxylation sites is 2. The number of carbonyl (C=O) groups excluding carboxylic acids is 11. The highest BCUT2D eigenvalue weighted by molar-refractivity contribution is 8.77. The minimum absolute atomic E-state index is 0.0265. The number of hydrogen-bond donors (Lipinski definition) is 7. The fraction of sp³-hybridized carbons (Fsp3) is 0.467. The lowest BCUT2D eigenvalue weighted by molar-refractivity contribution is -0.175. The monoisotopic (exact) mass is 1590 g/mol. The number of rotatable bonds is 39. The molecule has 35 heteroatoms. The minimum atomic E-state index is -2.04. The summed E-state index contributed by atoms with van der Waals surface area (Å²) in [5.74, 6) is -8.00. The number of aliphatic carboxylic acids is 1. The van der Waals surface area contributed by atoms with Gasteiger partial charge in [0, 0.05) is 95.2 Å². The molecule has 0 bridgehead atoms. The summed E-state index contributed by atoms with van der Waals surface area (Å²) in [5, 5.41) is 24.5. The van der Waals surface area contributed by atoms with Crippen LogP contribution in [-0.4, -0.2) is 169 Å². The normalized spacial score (nSPS) is 17.0. The van der Waals surface area contributed by atoms with Crippen molar-refractivity contribution < 1.29 is 91.1 Å². The highest BCUT2D eigenvalue weighted by Crippen LogP contribution is 2.44. The Bertz CT molecular complexity index is 4710. The molecule has 0 fully saturated rings. The standard InChI is InChI=1S/C75H86N10O21S4/c1-6-74(51-33-59-63-47(30-44-16-8-10-19-54(44)80-63)35-84(59)68(95)49(51)37-103-70(74)97)105-72(99)101-26-28-107-109-39-57(78-42(4)87)66(93)77-25-15-13-21-56(61(89)32-46(18-12-14-24-76)65(92)82-53(41(3)86)22-23-62(90)91)83-67(94)58(79-43(5)88)40-110-108-29-27-102-73(100)106-75(7-2)52-34-60-64-48(31-45-17-9-11-20-55(45)81-64)36-85(60)69(96)50(52)38-104-71(75)98/h8-11,16-17,19-20,30-31,33-34,46,53,56-58H,6-7,12-15,18,21-29,32,35-40,76H2,1-5H3,(H,77,93)(H,78,87)(H,79,88)(H,82,92)(H,83,94)(H,90,91)/t46-,53+,56+,57-,58-,74+,75-/m1/s1. The number of cyclic esters (lactones) is 2. The molecule has 0 radical (unpaired) electrons. The molecule has 0 unspecified atom stereocenters. The lowest BCUT2D eigenvalue weighted by Crippen LogP contribution is -2.52. The summed E-state index contributed by atoms with van der Waals surface area (Å²) in [6, 6.07) is 17.5. The topological polar surface area (TPSA) is 436 Å². The maximum atomic E-state index is 14.6. The van der Waals surface area contributed by atoms with Crippen molar-refractivity contribution in [2.45, 2.75) is 167 Å². The van der Waals surface area contributed by atoms with Crippen molar-refractivity contribution in [3.05, 3.63) is 127 Å². The van der Waals surface area contributed by atoms with Gasteiger partial charge in [-0.2, -0.15) is 0 Å². The van der Waals surface area contributed by atoms with Crippen molar-refractivity contribution in [2.75, 3.05) is 49.3 Å². The van der Waals surface area contributed by atoms with Gasteiger partial charge in [-0.3, -0.25) is 47.9 Å². The summed E-state index contributed by atoms with van der Waals surface area (Å²) in [6.45, 7) is 6.47. The molecule has 8 N–H and O–H groups in total. The van der Waals surface area contributed by atoms with E-state index in [0.29, 0.717) is 46.7 Å². The van der Waals surface area contributed by atoms with Crippen LogP contribution >= 0.6 is 43.2 Å². The largest absolute Gasteiger partial charge is 0.509 e. The summed E-state index contributed by atoms with van der Waals surface area (Å²) in [7, 11) is 4.65. The number of aromatic nitrogens is 4. The van der Waals surface area contributed by atoms with Gasteiger partial charge in [-0.05, 0) is 101 Å². The van der Waals surface area contributed by atoms with Gasteiger partial charge in [0.2, 0.25) is 40.7 Å². The van der Waals surface area contributed by atoms with E-state index in [2.05, 4.69) is 26.6 Å². The number of carboxylic acids is 1. The molecule has 0 spiro atoms. The molecular formula is C75H86N10O21S4. The van der Waals surface area contributed by atoms with Gasteiger partial charge in [0.1, 0.15) is 38.5 Å². The van der Waals surface area contributed by atoms with Crippen LogP contribution in [0.15, 0.2) is 82.4 Å². The van der Waals surface area contributed by atoms with Gasteiger partial charge in [-0.15, -0.1) is 0 Å². The average Bonchev–Trinajstić information content (AvgIpc) is 1.51. The van der Waals surface area contributed by atoms with Crippen LogP contribution in [0, 0.1) is 5.92 Å². The number of ketones is 2. The summed E-state index contributed by atoms with van der Waals surface area (Å²) >= 11 is 0. The van der Waals surface area contributed by atoms with Crippen molar-refractivity contribution in [2.24, 2.45) is 11.7 Å². The molecule has 31 nitrogen and oxygen atoms in total. The number of unbranched alkanes of at least 4 members (excludes halogenated alkanes) is 2. The Morgan fingerprint density at radius 1 is 0.582 bits per heavy atom. The van der Waals surface area contributed by atoms with E-state index in [4.69, 9.17) is 44.1 Å². The number of pyridine rings is 4. The van der Waals surface area contributed by atoms with Crippen LogP contribution in [0.25, 0.3) is 44.6 Å². The molecule has 0 saturated heterocycles. The second-order valence-electron chi connectivity index (χ2n) is 26.7. The number of benzene rings is 2. The number of ether oxygens (including phenoxy) is 6. The van der Waals surface area contributed by atoms with E-state index in [1.807, 2.05) is 60.7 Å². The van der Waals surface area contributed by atoms with E-state index >= 15 is 0 Å².